The van der Waals surface area contributed by atoms with Crippen LogP contribution >= 0.6 is 0 Å². The molecule has 0 atom stereocenters. The molecule has 0 radical (unpaired) electrons. The van der Waals surface area contributed by atoms with Gasteiger partial charge in [-0.3, -0.25) is 4.79 Å². The summed E-state index contributed by atoms with van der Waals surface area (Å²) in [4.78, 5) is 12.0. The Morgan fingerprint density at radius 1 is 1.14 bits per heavy atom. The van der Waals surface area contributed by atoms with Crippen molar-refractivity contribution in [3.8, 4) is 11.5 Å². The first-order valence-electron chi connectivity index (χ1n) is 8.28. The number of hydrogen-bond donors (Lipinski definition) is 2. The number of alkyl halides is 3. The van der Waals surface area contributed by atoms with Crippen LogP contribution in [0.5, 0.6) is 11.5 Å². The van der Waals surface area contributed by atoms with Gasteiger partial charge in [0.25, 0.3) is 5.91 Å². The van der Waals surface area contributed by atoms with E-state index < -0.39 is 27.7 Å². The van der Waals surface area contributed by atoms with Gasteiger partial charge in [0, 0.05) is 5.56 Å². The predicted molar refractivity (Wildman–Crippen MR) is 98.5 cm³/mol. The fourth-order valence-corrected chi connectivity index (χ4v) is 3.25. The molecule has 2 rings (SSSR count). The van der Waals surface area contributed by atoms with Gasteiger partial charge in [-0.05, 0) is 43.4 Å². The highest BCUT2D eigenvalue weighted by Gasteiger charge is 2.30. The van der Waals surface area contributed by atoms with E-state index in [1.54, 1.807) is 0 Å². The first-order valence-corrected chi connectivity index (χ1v) is 9.76. The number of nitrogens with one attached hydrogen (secondary N) is 2. The molecule has 0 aliphatic rings. The maximum atomic E-state index is 12.7. The fraction of sp³-hybridized carbons (Fsp3) is 0.278. The van der Waals surface area contributed by atoms with Gasteiger partial charge >= 0.3 is 6.18 Å². The highest BCUT2D eigenvalue weighted by Crippen LogP contribution is 2.31. The van der Waals surface area contributed by atoms with Crippen LogP contribution in [0.2, 0.25) is 0 Å². The normalized spacial score (nSPS) is 11.8. The summed E-state index contributed by atoms with van der Waals surface area (Å²) < 4.78 is 74.5. The van der Waals surface area contributed by atoms with Crippen molar-refractivity contribution < 1.29 is 35.9 Å². The van der Waals surface area contributed by atoms with Gasteiger partial charge in [0.2, 0.25) is 10.0 Å². The van der Waals surface area contributed by atoms with Crippen LogP contribution in [0.15, 0.2) is 47.4 Å². The van der Waals surface area contributed by atoms with Crippen molar-refractivity contribution in [1.82, 2.24) is 10.0 Å². The van der Waals surface area contributed by atoms with E-state index in [2.05, 4.69) is 10.0 Å². The van der Waals surface area contributed by atoms with Crippen molar-refractivity contribution in [2.75, 3.05) is 27.3 Å². The molecule has 29 heavy (non-hydrogen) atoms. The third-order valence-electron chi connectivity index (χ3n) is 3.80. The van der Waals surface area contributed by atoms with Crippen LogP contribution in [-0.4, -0.2) is 41.6 Å². The summed E-state index contributed by atoms with van der Waals surface area (Å²) in [5, 5.41) is 2.51. The Labute approximate surface area is 165 Å². The monoisotopic (exact) mass is 432 g/mol. The molecule has 2 N–H and O–H groups in total. The molecule has 0 spiro atoms. The van der Waals surface area contributed by atoms with E-state index in [0.717, 1.165) is 18.2 Å². The van der Waals surface area contributed by atoms with Crippen molar-refractivity contribution in [3.05, 3.63) is 53.6 Å². The Kier molecular flexibility index (Phi) is 7.09. The first kappa shape index (κ1) is 22.5. The van der Waals surface area contributed by atoms with Gasteiger partial charge in [0.1, 0.15) is 23.0 Å². The van der Waals surface area contributed by atoms with Crippen LogP contribution in [0, 0.1) is 0 Å². The lowest BCUT2D eigenvalue weighted by Gasteiger charge is -2.12. The van der Waals surface area contributed by atoms with Crippen molar-refractivity contribution in [1.29, 1.82) is 0 Å². The molecule has 11 heteroatoms. The van der Waals surface area contributed by atoms with Gasteiger partial charge in [-0.2, -0.15) is 13.2 Å². The molecule has 2 aromatic carbocycles. The second-order valence-corrected chi connectivity index (χ2v) is 7.56. The molecule has 1 amide bonds. The van der Waals surface area contributed by atoms with E-state index in [0.29, 0.717) is 0 Å². The molecule has 0 bridgehead atoms. The number of carbonyl (C=O) groups is 1. The number of sulfonamides is 1. The third-order valence-corrected chi connectivity index (χ3v) is 5.24. The smallest absolute Gasteiger partial charge is 0.416 e. The molecule has 0 aromatic heterocycles. The Balaban J connectivity index is 1.99. The van der Waals surface area contributed by atoms with Crippen LogP contribution in [0.1, 0.15) is 15.9 Å². The third kappa shape index (κ3) is 5.84. The molecular formula is C18H19F3N2O5S. The Bertz CT molecular complexity index is 978. The SMILES string of the molecule is CNS(=O)(=O)c1cc(C(=O)NCCOc2cccc(C(F)(F)F)c2)ccc1OC. The van der Waals surface area contributed by atoms with Crippen molar-refractivity contribution in [2.24, 2.45) is 0 Å². The van der Waals surface area contributed by atoms with Gasteiger partial charge in [-0.25, -0.2) is 13.1 Å². The number of ether oxygens (including phenoxy) is 2. The molecule has 0 aliphatic heterocycles. The molecule has 0 heterocycles. The van der Waals surface area contributed by atoms with Crippen molar-refractivity contribution in [3.63, 3.8) is 0 Å². The van der Waals surface area contributed by atoms with Crippen LogP contribution in [0.25, 0.3) is 0 Å². The Morgan fingerprint density at radius 3 is 2.48 bits per heavy atom. The average molecular weight is 432 g/mol. The minimum atomic E-state index is -4.48. The standard InChI is InChI=1S/C18H19F3N2O5S/c1-22-29(25,26)16-10-12(6-7-15(16)27-2)17(24)23-8-9-28-14-5-3-4-13(11-14)18(19,20)21/h3-7,10-11,22H,8-9H2,1-2H3,(H,23,24). The topological polar surface area (TPSA) is 93.7 Å². The number of carbonyl (C=O) groups excluding carboxylic acids is 1. The number of methoxy groups -OCH3 is 1. The highest BCUT2D eigenvalue weighted by atomic mass is 32.2. The summed E-state index contributed by atoms with van der Waals surface area (Å²) in [5.41, 5.74) is -0.769. The van der Waals surface area contributed by atoms with Gasteiger partial charge in [-0.1, -0.05) is 6.07 Å². The van der Waals surface area contributed by atoms with E-state index >= 15 is 0 Å². The van der Waals surface area contributed by atoms with Crippen LogP contribution in [0.3, 0.4) is 0 Å². The zero-order valence-corrected chi connectivity index (χ0v) is 16.4. The van der Waals surface area contributed by atoms with Gasteiger partial charge in [0.15, 0.2) is 0 Å². The van der Waals surface area contributed by atoms with Gasteiger partial charge < -0.3 is 14.8 Å². The fourth-order valence-electron chi connectivity index (χ4n) is 2.34. The number of hydrogen-bond acceptors (Lipinski definition) is 5. The lowest BCUT2D eigenvalue weighted by Crippen LogP contribution is -2.28. The summed E-state index contributed by atoms with van der Waals surface area (Å²) >= 11 is 0. The zero-order valence-electron chi connectivity index (χ0n) is 15.5. The van der Waals surface area contributed by atoms with Gasteiger partial charge in [0.05, 0.1) is 19.2 Å². The quantitative estimate of drug-likeness (QED) is 0.625. The largest absolute Gasteiger partial charge is 0.495 e. The maximum absolute atomic E-state index is 12.7. The summed E-state index contributed by atoms with van der Waals surface area (Å²) in [5.74, 6) is -0.488. The van der Waals surface area contributed by atoms with E-state index in [4.69, 9.17) is 9.47 Å². The maximum Gasteiger partial charge on any atom is 0.416 e. The summed E-state index contributed by atoms with van der Waals surface area (Å²) in [6.07, 6.45) is -4.48. The minimum absolute atomic E-state index is 0.00474. The Morgan fingerprint density at radius 2 is 1.86 bits per heavy atom. The molecule has 2 aromatic rings. The Hall–Kier alpha value is -2.79. The average Bonchev–Trinajstić information content (AvgIpc) is 2.70. The van der Waals surface area contributed by atoms with Crippen LogP contribution in [-0.2, 0) is 16.2 Å². The highest BCUT2D eigenvalue weighted by molar-refractivity contribution is 7.89. The summed E-state index contributed by atoms with van der Waals surface area (Å²) in [6.45, 7) is -0.0832. The van der Waals surface area contributed by atoms with Crippen LogP contribution < -0.4 is 19.5 Å². The lowest BCUT2D eigenvalue weighted by atomic mass is 10.2. The number of rotatable bonds is 8. The second kappa shape index (κ2) is 9.14. The molecule has 0 fully saturated rings. The second-order valence-electron chi connectivity index (χ2n) is 5.70. The van der Waals surface area contributed by atoms with E-state index in [9.17, 15) is 26.4 Å². The molecule has 0 unspecified atom stereocenters. The molecular weight excluding hydrogens is 413 g/mol. The lowest BCUT2D eigenvalue weighted by molar-refractivity contribution is -0.137. The molecule has 158 valence electrons. The predicted octanol–water partition coefficient (Wildman–Crippen LogP) is 2.43. The van der Waals surface area contributed by atoms with E-state index in [-0.39, 0.29) is 35.1 Å². The number of benzene rings is 2. The van der Waals surface area contributed by atoms with Gasteiger partial charge in [-0.15, -0.1) is 0 Å². The van der Waals surface area contributed by atoms with Crippen molar-refractivity contribution >= 4 is 15.9 Å². The van der Waals surface area contributed by atoms with E-state index in [1.165, 1.54) is 38.4 Å². The molecule has 0 aliphatic carbocycles. The molecule has 0 saturated carbocycles. The minimum Gasteiger partial charge on any atom is -0.495 e. The number of halogens is 3. The summed E-state index contributed by atoms with van der Waals surface area (Å²) in [6, 6.07) is 8.27. The first-order chi connectivity index (χ1) is 13.6. The number of amides is 1. The molecule has 0 saturated heterocycles. The van der Waals surface area contributed by atoms with Crippen molar-refractivity contribution in [2.45, 2.75) is 11.1 Å². The van der Waals surface area contributed by atoms with Crippen LogP contribution in [0.4, 0.5) is 13.2 Å². The summed E-state index contributed by atoms with van der Waals surface area (Å²) in [7, 11) is -1.32. The molecule has 7 nitrogen and oxygen atoms in total. The zero-order chi connectivity index (χ0) is 21.7. The van der Waals surface area contributed by atoms with E-state index in [1.807, 2.05) is 0 Å².